The average molecular weight is 238 g/mol. The van der Waals surface area contributed by atoms with Crippen LogP contribution in [0.5, 0.6) is 0 Å². The van der Waals surface area contributed by atoms with Crippen molar-refractivity contribution in [3.05, 3.63) is 12.3 Å². The lowest BCUT2D eigenvalue weighted by molar-refractivity contribution is 0.0381. The monoisotopic (exact) mass is 238 g/mol. The van der Waals surface area contributed by atoms with Gasteiger partial charge in [0.2, 0.25) is 5.95 Å². The van der Waals surface area contributed by atoms with Crippen LogP contribution in [0.1, 0.15) is 13.3 Å². The number of nitrogens with one attached hydrogen (secondary N) is 2. The minimum absolute atomic E-state index is 0.380. The SMILES string of the molecule is CCNc1nccc(NCC2(O)CCOC2)n1. The van der Waals surface area contributed by atoms with E-state index in [0.717, 1.165) is 6.54 Å². The van der Waals surface area contributed by atoms with E-state index in [1.54, 1.807) is 12.3 Å². The molecule has 6 nitrogen and oxygen atoms in total. The highest BCUT2D eigenvalue weighted by atomic mass is 16.5. The highest BCUT2D eigenvalue weighted by Crippen LogP contribution is 2.18. The standard InChI is InChI=1S/C11H18N4O2/c1-2-12-10-13-5-3-9(15-10)14-7-11(16)4-6-17-8-11/h3,5,16H,2,4,6-8H2,1H3,(H2,12,13,14,15). The van der Waals surface area contributed by atoms with Crippen molar-refractivity contribution < 1.29 is 9.84 Å². The second kappa shape index (κ2) is 5.29. The maximum atomic E-state index is 10.1. The third-order valence-corrected chi connectivity index (χ3v) is 2.67. The maximum Gasteiger partial charge on any atom is 0.224 e. The summed E-state index contributed by atoms with van der Waals surface area (Å²) in [5, 5.41) is 16.2. The molecule has 1 aliphatic rings. The minimum Gasteiger partial charge on any atom is -0.386 e. The largest absolute Gasteiger partial charge is 0.386 e. The molecule has 1 unspecified atom stereocenters. The van der Waals surface area contributed by atoms with Crippen LogP contribution in [0.4, 0.5) is 11.8 Å². The number of hydrogen-bond donors (Lipinski definition) is 3. The van der Waals surface area contributed by atoms with Gasteiger partial charge in [0.25, 0.3) is 0 Å². The van der Waals surface area contributed by atoms with Gasteiger partial charge < -0.3 is 20.5 Å². The first-order chi connectivity index (χ1) is 8.22. The molecule has 0 aromatic carbocycles. The minimum atomic E-state index is -0.775. The Labute approximate surface area is 100 Å². The van der Waals surface area contributed by atoms with E-state index in [1.807, 2.05) is 6.92 Å². The van der Waals surface area contributed by atoms with Gasteiger partial charge in [0, 0.05) is 32.3 Å². The molecule has 0 spiro atoms. The van der Waals surface area contributed by atoms with Crippen LogP contribution in [-0.2, 0) is 4.74 Å². The van der Waals surface area contributed by atoms with Gasteiger partial charge in [0.05, 0.1) is 6.61 Å². The second-order valence-corrected chi connectivity index (χ2v) is 4.18. The Morgan fingerprint density at radius 3 is 3.12 bits per heavy atom. The van der Waals surface area contributed by atoms with Crippen LogP contribution in [0.2, 0.25) is 0 Å². The summed E-state index contributed by atoms with van der Waals surface area (Å²) in [6, 6.07) is 1.78. The Kier molecular flexibility index (Phi) is 3.75. The molecule has 1 atom stereocenters. The molecule has 0 radical (unpaired) electrons. The van der Waals surface area contributed by atoms with E-state index in [4.69, 9.17) is 4.74 Å². The van der Waals surface area contributed by atoms with Gasteiger partial charge in [-0.25, -0.2) is 4.98 Å². The Morgan fingerprint density at radius 1 is 1.53 bits per heavy atom. The third-order valence-electron chi connectivity index (χ3n) is 2.67. The predicted octanol–water partition coefficient (Wildman–Crippen LogP) is 0.472. The molecule has 1 fully saturated rings. The average Bonchev–Trinajstić information content (AvgIpc) is 2.76. The first-order valence-electron chi connectivity index (χ1n) is 5.83. The van der Waals surface area contributed by atoms with E-state index in [9.17, 15) is 5.11 Å². The van der Waals surface area contributed by atoms with Crippen LogP contribution in [-0.4, -0.2) is 47.0 Å². The van der Waals surface area contributed by atoms with Gasteiger partial charge in [-0.3, -0.25) is 0 Å². The van der Waals surface area contributed by atoms with Crippen molar-refractivity contribution in [1.29, 1.82) is 0 Å². The summed E-state index contributed by atoms with van der Waals surface area (Å²) in [5.74, 6) is 1.29. The van der Waals surface area contributed by atoms with Gasteiger partial charge in [-0.1, -0.05) is 0 Å². The van der Waals surface area contributed by atoms with Crippen molar-refractivity contribution in [2.24, 2.45) is 0 Å². The van der Waals surface area contributed by atoms with Gasteiger partial charge >= 0.3 is 0 Å². The number of rotatable bonds is 5. The van der Waals surface area contributed by atoms with Crippen molar-refractivity contribution in [2.75, 3.05) is 36.9 Å². The molecule has 17 heavy (non-hydrogen) atoms. The van der Waals surface area contributed by atoms with E-state index in [1.165, 1.54) is 0 Å². The Morgan fingerprint density at radius 2 is 2.41 bits per heavy atom. The summed E-state index contributed by atoms with van der Waals surface area (Å²) < 4.78 is 5.18. The Balaban J connectivity index is 1.91. The van der Waals surface area contributed by atoms with Gasteiger partial charge in [0.15, 0.2) is 0 Å². The van der Waals surface area contributed by atoms with Crippen molar-refractivity contribution >= 4 is 11.8 Å². The Hall–Kier alpha value is -1.40. The van der Waals surface area contributed by atoms with Crippen molar-refractivity contribution in [1.82, 2.24) is 9.97 Å². The highest BCUT2D eigenvalue weighted by molar-refractivity contribution is 5.39. The fraction of sp³-hybridized carbons (Fsp3) is 0.636. The summed E-state index contributed by atoms with van der Waals surface area (Å²) in [6.07, 6.45) is 2.34. The number of aliphatic hydroxyl groups is 1. The lowest BCUT2D eigenvalue weighted by Gasteiger charge is -2.20. The van der Waals surface area contributed by atoms with E-state index < -0.39 is 5.60 Å². The molecule has 1 aromatic heterocycles. The van der Waals surface area contributed by atoms with Crippen LogP contribution in [0.25, 0.3) is 0 Å². The van der Waals surface area contributed by atoms with E-state index >= 15 is 0 Å². The van der Waals surface area contributed by atoms with Crippen molar-refractivity contribution in [2.45, 2.75) is 18.9 Å². The van der Waals surface area contributed by atoms with Gasteiger partial charge in [-0.05, 0) is 13.0 Å². The molecule has 0 bridgehead atoms. The van der Waals surface area contributed by atoms with E-state index in [2.05, 4.69) is 20.6 Å². The zero-order valence-electron chi connectivity index (χ0n) is 9.94. The molecule has 2 rings (SSSR count). The molecule has 2 heterocycles. The smallest absolute Gasteiger partial charge is 0.224 e. The third kappa shape index (κ3) is 3.28. The zero-order chi connectivity index (χ0) is 12.1. The lowest BCUT2D eigenvalue weighted by atomic mass is 10.0. The summed E-state index contributed by atoms with van der Waals surface area (Å²) in [4.78, 5) is 8.35. The molecule has 0 saturated carbocycles. The molecule has 3 N–H and O–H groups in total. The topological polar surface area (TPSA) is 79.3 Å². The summed E-state index contributed by atoms with van der Waals surface area (Å²) in [5.41, 5.74) is -0.775. The molecule has 0 aliphatic carbocycles. The number of nitrogens with zero attached hydrogens (tertiary/aromatic N) is 2. The normalized spacial score (nSPS) is 23.6. The van der Waals surface area contributed by atoms with Gasteiger partial charge in [0.1, 0.15) is 11.4 Å². The summed E-state index contributed by atoms with van der Waals surface area (Å²) in [6.45, 7) is 4.20. The lowest BCUT2D eigenvalue weighted by Crippen LogP contribution is -2.37. The molecule has 1 aromatic rings. The fourth-order valence-corrected chi connectivity index (χ4v) is 1.69. The summed E-state index contributed by atoms with van der Waals surface area (Å²) in [7, 11) is 0. The molecular weight excluding hydrogens is 220 g/mol. The number of anilines is 2. The van der Waals surface area contributed by atoms with Crippen LogP contribution < -0.4 is 10.6 Å². The van der Waals surface area contributed by atoms with E-state index in [0.29, 0.717) is 37.9 Å². The highest BCUT2D eigenvalue weighted by Gasteiger charge is 2.31. The quantitative estimate of drug-likeness (QED) is 0.692. The number of ether oxygens (including phenoxy) is 1. The first-order valence-corrected chi connectivity index (χ1v) is 5.83. The van der Waals surface area contributed by atoms with Crippen LogP contribution in [0.3, 0.4) is 0 Å². The first kappa shape index (κ1) is 12.1. The summed E-state index contributed by atoms with van der Waals surface area (Å²) >= 11 is 0. The van der Waals surface area contributed by atoms with Crippen LogP contribution in [0.15, 0.2) is 12.3 Å². The van der Waals surface area contributed by atoms with Crippen LogP contribution in [0, 0.1) is 0 Å². The zero-order valence-corrected chi connectivity index (χ0v) is 9.94. The van der Waals surface area contributed by atoms with Gasteiger partial charge in [-0.2, -0.15) is 4.98 Å². The molecule has 1 aliphatic heterocycles. The molecule has 6 heteroatoms. The van der Waals surface area contributed by atoms with Gasteiger partial charge in [-0.15, -0.1) is 0 Å². The second-order valence-electron chi connectivity index (χ2n) is 4.18. The number of hydrogen-bond acceptors (Lipinski definition) is 6. The molecule has 94 valence electrons. The molecular formula is C11H18N4O2. The fourth-order valence-electron chi connectivity index (χ4n) is 1.69. The predicted molar refractivity (Wildman–Crippen MR) is 65.1 cm³/mol. The van der Waals surface area contributed by atoms with Crippen molar-refractivity contribution in [3.8, 4) is 0 Å². The Bertz CT molecular complexity index is 366. The number of aromatic nitrogens is 2. The molecule has 1 saturated heterocycles. The van der Waals surface area contributed by atoms with Crippen LogP contribution >= 0.6 is 0 Å². The van der Waals surface area contributed by atoms with Crippen molar-refractivity contribution in [3.63, 3.8) is 0 Å². The molecule has 0 amide bonds. The maximum absolute atomic E-state index is 10.1. The van der Waals surface area contributed by atoms with E-state index in [-0.39, 0.29) is 0 Å².